The fourth-order valence-corrected chi connectivity index (χ4v) is 11.3. The van der Waals surface area contributed by atoms with Crippen LogP contribution in [0.3, 0.4) is 0 Å². The summed E-state index contributed by atoms with van der Waals surface area (Å²) in [5.41, 5.74) is 5.35. The molecule has 0 bridgehead atoms. The molecule has 8 rings (SSSR count). The van der Waals surface area contributed by atoms with E-state index < -0.39 is 0 Å². The van der Waals surface area contributed by atoms with Crippen LogP contribution < -0.4 is 4.74 Å². The maximum atomic E-state index is 6.68. The average Bonchev–Trinajstić information content (AvgIpc) is 3.78. The van der Waals surface area contributed by atoms with Crippen molar-refractivity contribution in [1.82, 2.24) is 9.97 Å². The Labute approximate surface area is 304 Å². The first-order chi connectivity index (χ1) is 23.3. The van der Waals surface area contributed by atoms with Crippen LogP contribution in [0.25, 0.3) is 61.5 Å². The number of hydrogen-bond donors (Lipinski definition) is 0. The predicted molar refractivity (Wildman–Crippen MR) is 217 cm³/mol. The second kappa shape index (κ2) is 12.0. The highest BCUT2D eigenvalue weighted by molar-refractivity contribution is 7.27. The highest BCUT2D eigenvalue weighted by atomic mass is 32.1. The molecule has 248 valence electrons. The lowest BCUT2D eigenvalue weighted by atomic mass is 9.88. The van der Waals surface area contributed by atoms with Gasteiger partial charge in [0.2, 0.25) is 0 Å². The molecular weight excluding hydrogens is 677 g/mol. The Hall–Kier alpha value is -3.62. The van der Waals surface area contributed by atoms with Gasteiger partial charge in [0.15, 0.2) is 0 Å². The topological polar surface area (TPSA) is 35.0 Å². The number of aromatic nitrogens is 2. The summed E-state index contributed by atoms with van der Waals surface area (Å²) >= 11 is 7.20. The van der Waals surface area contributed by atoms with Crippen LogP contribution in [0, 0.1) is 24.7 Å². The Morgan fingerprint density at radius 1 is 0.531 bits per heavy atom. The van der Waals surface area contributed by atoms with Crippen molar-refractivity contribution < 1.29 is 4.74 Å². The number of ether oxygens (including phenoxy) is 1. The largest absolute Gasteiger partial charge is 0.455 e. The van der Waals surface area contributed by atoms with Crippen LogP contribution in [-0.2, 0) is 12.8 Å². The SMILES string of the molecule is Cc1sc(-c2nccc3c2sc2cc(CC(C)(C)C)ccc23)cc1Oc1cc(-c2nccc3c2sc2cc(CC(C)(C)C)ccc23)sc1C. The monoisotopic (exact) mass is 716 g/mol. The number of fused-ring (bicyclic) bond motifs is 6. The van der Waals surface area contributed by atoms with Crippen molar-refractivity contribution in [2.24, 2.45) is 10.8 Å². The van der Waals surface area contributed by atoms with Crippen molar-refractivity contribution in [2.45, 2.75) is 68.2 Å². The first kappa shape index (κ1) is 32.6. The smallest absolute Gasteiger partial charge is 0.141 e. The number of nitrogens with zero attached hydrogens (tertiary/aromatic N) is 2. The van der Waals surface area contributed by atoms with E-state index in [4.69, 9.17) is 14.7 Å². The Bertz CT molecular complexity index is 2350. The van der Waals surface area contributed by atoms with Crippen LogP contribution in [0.4, 0.5) is 0 Å². The second-order valence-electron chi connectivity index (χ2n) is 15.6. The van der Waals surface area contributed by atoms with E-state index in [2.05, 4.69) is 116 Å². The van der Waals surface area contributed by atoms with Gasteiger partial charge in [-0.05, 0) is 72.9 Å². The van der Waals surface area contributed by atoms with Crippen molar-refractivity contribution in [1.29, 1.82) is 0 Å². The summed E-state index contributed by atoms with van der Waals surface area (Å²) < 4.78 is 11.8. The molecule has 0 spiro atoms. The van der Waals surface area contributed by atoms with Gasteiger partial charge in [0.05, 0.1) is 30.5 Å². The Morgan fingerprint density at radius 2 is 0.959 bits per heavy atom. The number of benzene rings is 2. The van der Waals surface area contributed by atoms with Gasteiger partial charge < -0.3 is 4.74 Å². The Morgan fingerprint density at radius 3 is 1.37 bits per heavy atom. The lowest BCUT2D eigenvalue weighted by molar-refractivity contribution is 0.411. The van der Waals surface area contributed by atoms with Gasteiger partial charge in [0.1, 0.15) is 11.5 Å². The number of hydrogen-bond acceptors (Lipinski definition) is 7. The fourth-order valence-electron chi connectivity index (χ4n) is 6.78. The van der Waals surface area contributed by atoms with Gasteiger partial charge in [-0.2, -0.15) is 0 Å². The zero-order valence-corrected chi connectivity index (χ0v) is 32.5. The van der Waals surface area contributed by atoms with Crippen LogP contribution >= 0.6 is 45.3 Å². The highest BCUT2D eigenvalue weighted by Gasteiger charge is 2.21. The maximum Gasteiger partial charge on any atom is 0.141 e. The Balaban J connectivity index is 1.11. The molecule has 0 aliphatic heterocycles. The van der Waals surface area contributed by atoms with Crippen LogP contribution in [0.5, 0.6) is 11.5 Å². The molecule has 0 N–H and O–H groups in total. The molecule has 0 amide bonds. The van der Waals surface area contributed by atoms with Crippen LogP contribution in [0.1, 0.15) is 62.4 Å². The summed E-state index contributed by atoms with van der Waals surface area (Å²) in [5.74, 6) is 1.78. The third-order valence-electron chi connectivity index (χ3n) is 8.81. The van der Waals surface area contributed by atoms with E-state index in [1.807, 2.05) is 35.1 Å². The zero-order valence-electron chi connectivity index (χ0n) is 29.3. The quantitative estimate of drug-likeness (QED) is 0.172. The lowest BCUT2D eigenvalue weighted by Gasteiger charge is -2.17. The molecule has 2 aromatic carbocycles. The molecule has 0 aliphatic carbocycles. The van der Waals surface area contributed by atoms with E-state index in [-0.39, 0.29) is 10.8 Å². The second-order valence-corrected chi connectivity index (χ2v) is 20.2. The van der Waals surface area contributed by atoms with Crippen molar-refractivity contribution in [3.63, 3.8) is 0 Å². The molecule has 0 unspecified atom stereocenters. The molecule has 7 heteroatoms. The van der Waals surface area contributed by atoms with Crippen molar-refractivity contribution in [2.75, 3.05) is 0 Å². The summed E-state index contributed by atoms with van der Waals surface area (Å²) in [5, 5.41) is 5.15. The van der Waals surface area contributed by atoms with E-state index in [1.165, 1.54) is 51.5 Å². The van der Waals surface area contributed by atoms with Crippen LogP contribution in [-0.4, -0.2) is 9.97 Å². The predicted octanol–water partition coefficient (Wildman–Crippen LogP) is 14.3. The molecule has 49 heavy (non-hydrogen) atoms. The van der Waals surface area contributed by atoms with E-state index >= 15 is 0 Å². The van der Waals surface area contributed by atoms with Gasteiger partial charge in [-0.3, -0.25) is 9.97 Å². The summed E-state index contributed by atoms with van der Waals surface area (Å²) in [4.78, 5) is 14.4. The summed E-state index contributed by atoms with van der Waals surface area (Å²) in [7, 11) is 0. The average molecular weight is 717 g/mol. The number of aryl methyl sites for hydroxylation is 2. The lowest BCUT2D eigenvalue weighted by Crippen LogP contribution is -2.08. The van der Waals surface area contributed by atoms with Gasteiger partial charge in [-0.1, -0.05) is 65.8 Å². The number of thiophene rings is 4. The minimum absolute atomic E-state index is 0.252. The van der Waals surface area contributed by atoms with Gasteiger partial charge in [0, 0.05) is 65.2 Å². The van der Waals surface area contributed by atoms with Crippen LogP contribution in [0.15, 0.2) is 73.1 Å². The molecule has 0 radical (unpaired) electrons. The third-order valence-corrected chi connectivity index (χ3v) is 13.2. The molecule has 0 saturated carbocycles. The van der Waals surface area contributed by atoms with Crippen LogP contribution in [0.2, 0.25) is 0 Å². The molecule has 0 aliphatic rings. The molecule has 0 fully saturated rings. The van der Waals surface area contributed by atoms with E-state index in [0.29, 0.717) is 0 Å². The van der Waals surface area contributed by atoms with E-state index in [0.717, 1.165) is 55.2 Å². The van der Waals surface area contributed by atoms with E-state index in [9.17, 15) is 0 Å². The maximum absolute atomic E-state index is 6.68. The molecule has 3 nitrogen and oxygen atoms in total. The third kappa shape index (κ3) is 6.31. The molecule has 8 aromatic rings. The molecule has 0 saturated heterocycles. The minimum atomic E-state index is 0.252. The van der Waals surface area contributed by atoms with Gasteiger partial charge in [-0.15, -0.1) is 45.3 Å². The fraction of sp³-hybridized carbons (Fsp3) is 0.286. The zero-order chi connectivity index (χ0) is 34.2. The first-order valence-electron chi connectivity index (χ1n) is 16.8. The highest BCUT2D eigenvalue weighted by Crippen LogP contribution is 2.47. The standard InChI is InChI=1S/C42H40N2OS4/c1-23-31(19-35(46-23)37-39-29(13-15-43-37)27-11-9-25(17-33(27)48-39)21-41(3,4)5)45-32-20-36(47-24(32)2)38-40-30(14-16-44-38)28-12-10-26(18-34(28)49-40)22-42(6,7)8/h9-20H,21-22H2,1-8H3. The molecule has 6 heterocycles. The Kier molecular flexibility index (Phi) is 7.99. The molecular formula is C42H40N2OS4. The summed E-state index contributed by atoms with van der Waals surface area (Å²) in [6, 6.07) is 22.6. The normalized spacial score (nSPS) is 12.7. The van der Waals surface area contributed by atoms with Crippen molar-refractivity contribution >= 4 is 85.7 Å². The number of pyridine rings is 2. The van der Waals surface area contributed by atoms with E-state index in [1.54, 1.807) is 22.7 Å². The van der Waals surface area contributed by atoms with Gasteiger partial charge >= 0.3 is 0 Å². The number of rotatable bonds is 6. The van der Waals surface area contributed by atoms with Gasteiger partial charge in [-0.25, -0.2) is 0 Å². The summed E-state index contributed by atoms with van der Waals surface area (Å²) in [6.45, 7) is 18.1. The summed E-state index contributed by atoms with van der Waals surface area (Å²) in [6.07, 6.45) is 6.02. The van der Waals surface area contributed by atoms with Crippen molar-refractivity contribution in [3.8, 4) is 32.6 Å². The van der Waals surface area contributed by atoms with Gasteiger partial charge in [0.25, 0.3) is 0 Å². The first-order valence-corrected chi connectivity index (χ1v) is 20.1. The molecule has 6 aromatic heterocycles. The minimum Gasteiger partial charge on any atom is -0.455 e. The van der Waals surface area contributed by atoms with Crippen molar-refractivity contribution in [3.05, 3.63) is 93.9 Å². The molecule has 0 atom stereocenters.